The van der Waals surface area contributed by atoms with Crippen molar-refractivity contribution >= 4 is 39.0 Å². The highest BCUT2D eigenvalue weighted by Gasteiger charge is 2.23. The predicted octanol–water partition coefficient (Wildman–Crippen LogP) is 4.80. The Hall–Kier alpha value is -2.47. The Kier molecular flexibility index (Phi) is 4.59. The normalized spacial score (nSPS) is 13.5. The zero-order valence-electron chi connectivity index (χ0n) is 15.0. The van der Waals surface area contributed by atoms with E-state index in [2.05, 4.69) is 34.3 Å². The molecular formula is C20H21N3O2S. The number of nitrogens with one attached hydrogen (secondary N) is 1. The molecule has 1 aliphatic carbocycles. The Morgan fingerprint density at radius 2 is 1.96 bits per heavy atom. The summed E-state index contributed by atoms with van der Waals surface area (Å²) in [6, 6.07) is 8.14. The van der Waals surface area contributed by atoms with Crippen molar-refractivity contribution in [2.24, 2.45) is 0 Å². The number of esters is 1. The number of hydrogen-bond donors (Lipinski definition) is 1. The molecule has 3 aromatic rings. The molecular weight excluding hydrogens is 346 g/mol. The lowest BCUT2D eigenvalue weighted by Gasteiger charge is -2.13. The van der Waals surface area contributed by atoms with Crippen LogP contribution in [-0.2, 0) is 17.6 Å². The number of ether oxygens (including phenoxy) is 1. The van der Waals surface area contributed by atoms with Gasteiger partial charge in [0.1, 0.15) is 10.6 Å². The quantitative estimate of drug-likeness (QED) is 0.671. The number of carbonyl (C=O) groups is 1. The van der Waals surface area contributed by atoms with E-state index < -0.39 is 5.97 Å². The molecule has 0 atom stereocenters. The summed E-state index contributed by atoms with van der Waals surface area (Å²) in [7, 11) is 0. The van der Waals surface area contributed by atoms with Crippen LogP contribution in [0, 0.1) is 6.92 Å². The number of fused-ring (bicyclic) bond motifs is 3. The number of aryl methyl sites for hydroxylation is 3. The van der Waals surface area contributed by atoms with Gasteiger partial charge in [0, 0.05) is 10.6 Å². The molecule has 2 heterocycles. The molecule has 6 heteroatoms. The SMILES string of the molecule is CCOC(=O)c1nc(Nc2ccc(C)cc2)c2c3c(sc2n1)CCCC3. The minimum absolute atomic E-state index is 0.118. The number of nitrogens with zero attached hydrogens (tertiary/aromatic N) is 2. The van der Waals surface area contributed by atoms with Crippen LogP contribution in [0.4, 0.5) is 11.5 Å². The summed E-state index contributed by atoms with van der Waals surface area (Å²) in [5, 5.41) is 4.45. The van der Waals surface area contributed by atoms with Crippen molar-refractivity contribution in [2.75, 3.05) is 11.9 Å². The first kappa shape index (κ1) is 17.0. The summed E-state index contributed by atoms with van der Waals surface area (Å²) in [4.78, 5) is 23.5. The fourth-order valence-electron chi connectivity index (χ4n) is 3.31. The minimum Gasteiger partial charge on any atom is -0.460 e. The lowest BCUT2D eigenvalue weighted by Crippen LogP contribution is -2.11. The lowest BCUT2D eigenvalue weighted by molar-refractivity contribution is 0.0512. The van der Waals surface area contributed by atoms with Gasteiger partial charge in [-0.15, -0.1) is 11.3 Å². The molecule has 0 unspecified atom stereocenters. The highest BCUT2D eigenvalue weighted by atomic mass is 32.1. The molecule has 0 spiro atoms. The van der Waals surface area contributed by atoms with Crippen molar-refractivity contribution in [1.82, 2.24) is 9.97 Å². The summed E-state index contributed by atoms with van der Waals surface area (Å²) in [5.74, 6) is 0.335. The zero-order valence-corrected chi connectivity index (χ0v) is 15.8. The highest BCUT2D eigenvalue weighted by molar-refractivity contribution is 7.19. The van der Waals surface area contributed by atoms with Crippen LogP contribution in [0.5, 0.6) is 0 Å². The Labute approximate surface area is 156 Å². The molecule has 134 valence electrons. The van der Waals surface area contributed by atoms with Gasteiger partial charge in [0.05, 0.1) is 12.0 Å². The van der Waals surface area contributed by atoms with Crippen LogP contribution in [0.3, 0.4) is 0 Å². The first-order valence-corrected chi connectivity index (χ1v) is 9.80. The van der Waals surface area contributed by atoms with Crippen molar-refractivity contribution in [2.45, 2.75) is 39.5 Å². The van der Waals surface area contributed by atoms with Crippen LogP contribution in [0.2, 0.25) is 0 Å². The monoisotopic (exact) mass is 367 g/mol. The van der Waals surface area contributed by atoms with Gasteiger partial charge in [-0.3, -0.25) is 0 Å². The maximum Gasteiger partial charge on any atom is 0.376 e. The van der Waals surface area contributed by atoms with E-state index in [1.807, 2.05) is 12.1 Å². The van der Waals surface area contributed by atoms with E-state index in [0.29, 0.717) is 12.4 Å². The van der Waals surface area contributed by atoms with Crippen molar-refractivity contribution in [3.8, 4) is 0 Å². The first-order valence-electron chi connectivity index (χ1n) is 8.99. The van der Waals surface area contributed by atoms with E-state index in [9.17, 15) is 4.79 Å². The van der Waals surface area contributed by atoms with E-state index in [4.69, 9.17) is 4.74 Å². The van der Waals surface area contributed by atoms with E-state index >= 15 is 0 Å². The molecule has 0 radical (unpaired) electrons. The first-order chi connectivity index (χ1) is 12.7. The largest absolute Gasteiger partial charge is 0.460 e. The molecule has 1 aromatic carbocycles. The predicted molar refractivity (Wildman–Crippen MR) is 104 cm³/mol. The fraction of sp³-hybridized carbons (Fsp3) is 0.350. The van der Waals surface area contributed by atoms with Crippen LogP contribution < -0.4 is 5.32 Å². The standard InChI is InChI=1S/C20H21N3O2S/c1-3-25-20(24)18-22-17(21-13-10-8-12(2)9-11-13)16-14-6-4-5-7-15(14)26-19(16)23-18/h8-11H,3-7H2,1-2H3,(H,21,22,23). The molecule has 4 rings (SSSR count). The second kappa shape index (κ2) is 7.03. The molecule has 0 amide bonds. The molecule has 0 aliphatic heterocycles. The summed E-state index contributed by atoms with van der Waals surface area (Å²) < 4.78 is 5.11. The number of carbonyl (C=O) groups excluding carboxylic acids is 1. The molecule has 26 heavy (non-hydrogen) atoms. The van der Waals surface area contributed by atoms with Crippen LogP contribution >= 0.6 is 11.3 Å². The maximum atomic E-state index is 12.2. The Morgan fingerprint density at radius 3 is 2.73 bits per heavy atom. The van der Waals surface area contributed by atoms with Gasteiger partial charge >= 0.3 is 5.97 Å². The smallest absolute Gasteiger partial charge is 0.376 e. The average molecular weight is 367 g/mol. The number of rotatable bonds is 4. The number of benzene rings is 1. The summed E-state index contributed by atoms with van der Waals surface area (Å²) >= 11 is 1.68. The van der Waals surface area contributed by atoms with Gasteiger partial charge < -0.3 is 10.1 Å². The topological polar surface area (TPSA) is 64.1 Å². The Bertz CT molecular complexity index is 963. The molecule has 2 aromatic heterocycles. The number of anilines is 2. The molecule has 1 N–H and O–H groups in total. The number of hydrogen-bond acceptors (Lipinski definition) is 6. The van der Waals surface area contributed by atoms with Crippen molar-refractivity contribution in [3.63, 3.8) is 0 Å². The second-order valence-corrected chi connectivity index (χ2v) is 7.58. The lowest BCUT2D eigenvalue weighted by atomic mass is 9.97. The van der Waals surface area contributed by atoms with Crippen molar-refractivity contribution in [1.29, 1.82) is 0 Å². The minimum atomic E-state index is -0.479. The molecule has 0 fully saturated rings. The van der Waals surface area contributed by atoms with Gasteiger partial charge in [-0.1, -0.05) is 17.7 Å². The zero-order chi connectivity index (χ0) is 18.1. The van der Waals surface area contributed by atoms with Gasteiger partial charge in [-0.25, -0.2) is 14.8 Å². The maximum absolute atomic E-state index is 12.2. The van der Waals surface area contributed by atoms with Gasteiger partial charge in [-0.2, -0.15) is 0 Å². The average Bonchev–Trinajstić information content (AvgIpc) is 3.02. The van der Waals surface area contributed by atoms with E-state index in [-0.39, 0.29) is 5.82 Å². The third kappa shape index (κ3) is 3.17. The van der Waals surface area contributed by atoms with Crippen LogP contribution in [0.15, 0.2) is 24.3 Å². The van der Waals surface area contributed by atoms with Crippen molar-refractivity contribution < 1.29 is 9.53 Å². The number of aromatic nitrogens is 2. The van der Waals surface area contributed by atoms with Gasteiger partial charge in [0.25, 0.3) is 0 Å². The highest BCUT2D eigenvalue weighted by Crippen LogP contribution is 2.39. The van der Waals surface area contributed by atoms with Gasteiger partial charge in [0.15, 0.2) is 0 Å². The second-order valence-electron chi connectivity index (χ2n) is 6.50. The van der Waals surface area contributed by atoms with E-state index in [1.165, 1.54) is 28.8 Å². The summed E-state index contributed by atoms with van der Waals surface area (Å²) in [6.07, 6.45) is 4.51. The molecule has 5 nitrogen and oxygen atoms in total. The third-order valence-corrected chi connectivity index (χ3v) is 5.77. The van der Waals surface area contributed by atoms with Crippen LogP contribution in [0.25, 0.3) is 10.2 Å². The molecule has 0 saturated heterocycles. The summed E-state index contributed by atoms with van der Waals surface area (Å²) in [6.45, 7) is 4.15. The van der Waals surface area contributed by atoms with E-state index in [0.717, 1.165) is 28.7 Å². The van der Waals surface area contributed by atoms with Crippen LogP contribution in [-0.4, -0.2) is 22.5 Å². The third-order valence-electron chi connectivity index (χ3n) is 4.59. The fourth-order valence-corrected chi connectivity index (χ4v) is 4.57. The van der Waals surface area contributed by atoms with Crippen LogP contribution in [0.1, 0.15) is 46.4 Å². The van der Waals surface area contributed by atoms with Crippen molar-refractivity contribution in [3.05, 3.63) is 46.1 Å². The van der Waals surface area contributed by atoms with E-state index in [1.54, 1.807) is 18.3 Å². The number of thiophene rings is 1. The molecule has 1 aliphatic rings. The van der Waals surface area contributed by atoms with Gasteiger partial charge in [-0.05, 0) is 57.2 Å². The molecule has 0 saturated carbocycles. The Morgan fingerprint density at radius 1 is 1.19 bits per heavy atom. The summed E-state index contributed by atoms with van der Waals surface area (Å²) in [5.41, 5.74) is 3.48. The van der Waals surface area contributed by atoms with Gasteiger partial charge in [0.2, 0.25) is 5.82 Å². The molecule has 0 bridgehead atoms. The Balaban J connectivity index is 1.84.